The molecule has 0 saturated carbocycles. The lowest BCUT2D eigenvalue weighted by atomic mass is 10.1. The lowest BCUT2D eigenvalue weighted by molar-refractivity contribution is -0.117. The lowest BCUT2D eigenvalue weighted by Crippen LogP contribution is -2.26. The summed E-state index contributed by atoms with van der Waals surface area (Å²) in [6, 6.07) is 4.91. The molecule has 6 nitrogen and oxygen atoms in total. The number of nitrogens with zero attached hydrogens (tertiary/aromatic N) is 1. The van der Waals surface area contributed by atoms with E-state index in [1.165, 1.54) is 4.90 Å². The Kier molecular flexibility index (Phi) is 3.20. The molecule has 1 unspecified atom stereocenters. The molecule has 0 N–H and O–H groups in total. The number of cyclic esters (lactones) is 1. The highest BCUT2D eigenvalue weighted by atomic mass is 32.3. The highest BCUT2D eigenvalue weighted by Crippen LogP contribution is 2.34. The van der Waals surface area contributed by atoms with E-state index >= 15 is 0 Å². The number of benzene rings is 1. The zero-order valence-electron chi connectivity index (χ0n) is 10.9. The fourth-order valence-electron chi connectivity index (χ4n) is 2.79. The molecule has 3 rings (SSSR count). The molecule has 0 aliphatic carbocycles. The Morgan fingerprint density at radius 2 is 2.10 bits per heavy atom. The van der Waals surface area contributed by atoms with Crippen molar-refractivity contribution >= 4 is 27.8 Å². The van der Waals surface area contributed by atoms with E-state index in [1.807, 2.05) is 0 Å². The maximum Gasteiger partial charge on any atom is 0.338 e. The maximum absolute atomic E-state index is 12.7. The third-order valence-electron chi connectivity index (χ3n) is 3.65. The van der Waals surface area contributed by atoms with Crippen molar-refractivity contribution in [2.75, 3.05) is 17.2 Å². The minimum Gasteiger partial charge on any atom is -0.457 e. The van der Waals surface area contributed by atoms with Gasteiger partial charge >= 0.3 is 16.2 Å². The molecule has 0 radical (unpaired) electrons. The third-order valence-corrected chi connectivity index (χ3v) is 4.52. The van der Waals surface area contributed by atoms with E-state index < -0.39 is 27.9 Å². The Bertz CT molecular complexity index is 730. The fraction of sp³-hybridized carbons (Fsp3) is 0.385. The summed E-state index contributed by atoms with van der Waals surface area (Å²) in [5.41, 5.74) is 1.54. The van der Waals surface area contributed by atoms with Gasteiger partial charge in [-0.1, -0.05) is 6.07 Å². The van der Waals surface area contributed by atoms with Crippen LogP contribution in [0, 0.1) is 5.92 Å². The van der Waals surface area contributed by atoms with E-state index in [1.54, 1.807) is 18.2 Å². The van der Waals surface area contributed by atoms with E-state index in [4.69, 9.17) is 4.74 Å². The molecule has 1 aromatic rings. The molecule has 0 bridgehead atoms. The molecule has 1 saturated heterocycles. The van der Waals surface area contributed by atoms with Gasteiger partial charge < -0.3 is 9.64 Å². The number of hydrogen-bond donors (Lipinski definition) is 0. The number of amides is 1. The van der Waals surface area contributed by atoms with E-state index in [0.717, 1.165) is 0 Å². The Balaban J connectivity index is 1.89. The molecule has 0 spiro atoms. The number of hydrogen-bond acceptors (Lipinski definition) is 5. The lowest BCUT2D eigenvalue weighted by Gasteiger charge is -2.19. The van der Waals surface area contributed by atoms with Crippen LogP contribution in [0.3, 0.4) is 0 Å². The average Bonchev–Trinajstić information content (AvgIpc) is 2.91. The van der Waals surface area contributed by atoms with Crippen LogP contribution in [0.15, 0.2) is 18.2 Å². The van der Waals surface area contributed by atoms with Gasteiger partial charge in [0.15, 0.2) is 0 Å². The summed E-state index contributed by atoms with van der Waals surface area (Å²) in [6.07, 6.45) is -0.0262. The zero-order valence-corrected chi connectivity index (χ0v) is 11.7. The van der Waals surface area contributed by atoms with Crippen LogP contribution in [-0.2, 0) is 26.4 Å². The van der Waals surface area contributed by atoms with Crippen molar-refractivity contribution < 1.29 is 26.6 Å². The Morgan fingerprint density at radius 3 is 2.81 bits per heavy atom. The van der Waals surface area contributed by atoms with Crippen molar-refractivity contribution in [1.82, 2.24) is 0 Å². The van der Waals surface area contributed by atoms with Crippen molar-refractivity contribution in [1.29, 1.82) is 0 Å². The van der Waals surface area contributed by atoms with Gasteiger partial charge in [0.2, 0.25) is 5.91 Å². The number of ether oxygens (including phenoxy) is 1. The van der Waals surface area contributed by atoms with E-state index in [-0.39, 0.29) is 25.5 Å². The monoisotopic (exact) mass is 313 g/mol. The number of halogens is 1. The molecular formula is C13H12FNO5S. The number of fused-ring (bicyclic) bond motifs is 1. The zero-order chi connectivity index (χ0) is 15.2. The number of esters is 1. The molecule has 2 heterocycles. The largest absolute Gasteiger partial charge is 0.457 e. The summed E-state index contributed by atoms with van der Waals surface area (Å²) in [5, 5.41) is 0. The molecule has 1 aromatic carbocycles. The van der Waals surface area contributed by atoms with Gasteiger partial charge in [0.25, 0.3) is 0 Å². The second-order valence-electron chi connectivity index (χ2n) is 5.16. The van der Waals surface area contributed by atoms with Crippen molar-refractivity contribution in [3.8, 4) is 0 Å². The van der Waals surface area contributed by atoms with E-state index in [9.17, 15) is 21.9 Å². The van der Waals surface area contributed by atoms with Crippen LogP contribution in [0.4, 0.5) is 9.57 Å². The van der Waals surface area contributed by atoms with Gasteiger partial charge in [0.05, 0.1) is 17.0 Å². The molecule has 2 aliphatic rings. The predicted molar refractivity (Wildman–Crippen MR) is 70.9 cm³/mol. The van der Waals surface area contributed by atoms with Gasteiger partial charge in [0.1, 0.15) is 6.61 Å². The van der Waals surface area contributed by atoms with E-state index in [0.29, 0.717) is 16.8 Å². The first-order valence-electron chi connectivity index (χ1n) is 6.37. The van der Waals surface area contributed by atoms with Crippen molar-refractivity contribution in [3.05, 3.63) is 29.3 Å². The summed E-state index contributed by atoms with van der Waals surface area (Å²) in [4.78, 5) is 24.9. The van der Waals surface area contributed by atoms with Crippen LogP contribution in [0.5, 0.6) is 0 Å². The van der Waals surface area contributed by atoms with Crippen LogP contribution >= 0.6 is 0 Å². The van der Waals surface area contributed by atoms with Gasteiger partial charge in [-0.25, -0.2) is 4.79 Å². The number of anilines is 1. The van der Waals surface area contributed by atoms with Gasteiger partial charge in [0, 0.05) is 24.4 Å². The topological polar surface area (TPSA) is 80.8 Å². The molecule has 0 aromatic heterocycles. The first-order valence-corrected chi connectivity index (χ1v) is 7.92. The molecule has 2 aliphatic heterocycles. The molecule has 112 valence electrons. The SMILES string of the molecule is O=C1OCc2c1cccc2N1CC(CS(=O)(=O)F)CC1=O. The maximum atomic E-state index is 12.7. The summed E-state index contributed by atoms with van der Waals surface area (Å²) in [6.45, 7) is 0.201. The van der Waals surface area contributed by atoms with Gasteiger partial charge in [-0.05, 0) is 12.1 Å². The summed E-state index contributed by atoms with van der Waals surface area (Å²) >= 11 is 0. The second kappa shape index (κ2) is 4.80. The summed E-state index contributed by atoms with van der Waals surface area (Å²) in [7, 11) is -4.61. The highest BCUT2D eigenvalue weighted by Gasteiger charge is 2.36. The highest BCUT2D eigenvalue weighted by molar-refractivity contribution is 7.86. The molecule has 8 heteroatoms. The molecular weight excluding hydrogens is 301 g/mol. The average molecular weight is 313 g/mol. The summed E-state index contributed by atoms with van der Waals surface area (Å²) in [5.74, 6) is -1.97. The molecule has 1 atom stereocenters. The Hall–Kier alpha value is -1.96. The predicted octanol–water partition coefficient (Wildman–Crippen LogP) is 1.01. The van der Waals surface area contributed by atoms with Crippen molar-refractivity contribution in [2.24, 2.45) is 5.92 Å². The second-order valence-corrected chi connectivity index (χ2v) is 6.57. The van der Waals surface area contributed by atoms with Crippen LogP contribution in [-0.4, -0.2) is 32.6 Å². The minimum atomic E-state index is -4.61. The number of carbonyl (C=O) groups excluding carboxylic acids is 2. The standard InChI is InChI=1S/C13H12FNO5S/c14-21(18,19)7-8-4-12(16)15(5-8)11-3-1-2-9-10(11)6-20-13(9)17/h1-3,8H,4-7H2. The van der Waals surface area contributed by atoms with Crippen LogP contribution in [0.25, 0.3) is 0 Å². The molecule has 1 fully saturated rings. The third kappa shape index (κ3) is 2.63. The van der Waals surface area contributed by atoms with E-state index in [2.05, 4.69) is 0 Å². The smallest absolute Gasteiger partial charge is 0.338 e. The van der Waals surface area contributed by atoms with Crippen molar-refractivity contribution in [3.63, 3.8) is 0 Å². The summed E-state index contributed by atoms with van der Waals surface area (Å²) < 4.78 is 39.1. The molecule has 21 heavy (non-hydrogen) atoms. The quantitative estimate of drug-likeness (QED) is 0.614. The Morgan fingerprint density at radius 1 is 1.33 bits per heavy atom. The minimum absolute atomic E-state index is 0.0262. The molecule has 1 amide bonds. The van der Waals surface area contributed by atoms with Gasteiger partial charge in [-0.15, -0.1) is 3.89 Å². The first kappa shape index (κ1) is 14.0. The number of carbonyl (C=O) groups is 2. The normalized spacial score (nSPS) is 21.6. The fourth-order valence-corrected chi connectivity index (χ4v) is 3.58. The van der Waals surface area contributed by atoms with Crippen LogP contribution in [0.2, 0.25) is 0 Å². The van der Waals surface area contributed by atoms with Crippen LogP contribution in [0.1, 0.15) is 22.3 Å². The van der Waals surface area contributed by atoms with Crippen molar-refractivity contribution in [2.45, 2.75) is 13.0 Å². The van der Waals surface area contributed by atoms with Crippen LogP contribution < -0.4 is 4.90 Å². The van der Waals surface area contributed by atoms with Gasteiger partial charge in [-0.3, -0.25) is 4.79 Å². The van der Waals surface area contributed by atoms with Gasteiger partial charge in [-0.2, -0.15) is 8.42 Å². The Labute approximate surface area is 120 Å². The first-order chi connectivity index (χ1) is 9.85. The number of rotatable bonds is 3.